The van der Waals surface area contributed by atoms with Crippen LogP contribution in [0.5, 0.6) is 0 Å². The monoisotopic (exact) mass is 492 g/mol. The largest absolute Gasteiger partial charge is 0.506 e. The van der Waals surface area contributed by atoms with Crippen molar-refractivity contribution in [2.24, 2.45) is 5.16 Å². The third-order valence-electron chi connectivity index (χ3n) is 7.66. The van der Waals surface area contributed by atoms with Crippen molar-refractivity contribution < 1.29 is 19.5 Å². The molecule has 1 aliphatic carbocycles. The number of benzene rings is 2. The molecule has 36 heavy (non-hydrogen) atoms. The predicted octanol–water partition coefficient (Wildman–Crippen LogP) is 6.68. The number of carboxylic acid groups (broad SMARTS) is 1. The lowest BCUT2D eigenvalue weighted by atomic mass is 9.81. The minimum Gasteiger partial charge on any atom is -0.450 e. The molecular formula is C30H40N2O4. The lowest BCUT2D eigenvalue weighted by Gasteiger charge is -2.38. The van der Waals surface area contributed by atoms with Gasteiger partial charge < -0.3 is 14.7 Å². The second kappa shape index (κ2) is 12.4. The second-order valence-electron chi connectivity index (χ2n) is 10.2. The summed E-state index contributed by atoms with van der Waals surface area (Å²) >= 11 is 0. The summed E-state index contributed by atoms with van der Waals surface area (Å²) in [5.74, 6) is 0.722. The minimum atomic E-state index is -1.20. The van der Waals surface area contributed by atoms with Gasteiger partial charge in [-0.2, -0.15) is 0 Å². The molecule has 2 fully saturated rings. The summed E-state index contributed by atoms with van der Waals surface area (Å²) in [4.78, 5) is 18.6. The molecule has 2 aromatic carbocycles. The van der Waals surface area contributed by atoms with Crippen LogP contribution in [0.3, 0.4) is 0 Å². The van der Waals surface area contributed by atoms with Gasteiger partial charge in [-0.1, -0.05) is 68.6 Å². The van der Waals surface area contributed by atoms with Gasteiger partial charge in [0.1, 0.15) is 12.7 Å². The first kappa shape index (κ1) is 26.2. The van der Waals surface area contributed by atoms with Gasteiger partial charge in [-0.15, -0.1) is 0 Å². The Bertz CT molecular complexity index is 1070. The number of oxime groups is 1. The molecule has 1 heterocycles. The fourth-order valence-electron chi connectivity index (χ4n) is 5.57. The number of hydrogen-bond donors (Lipinski definition) is 1. The molecule has 0 amide bonds. The van der Waals surface area contributed by atoms with Crippen LogP contribution in [-0.2, 0) is 35.6 Å². The van der Waals surface area contributed by atoms with Crippen LogP contribution in [0, 0.1) is 0 Å². The van der Waals surface area contributed by atoms with E-state index in [1.165, 1.54) is 59.9 Å². The van der Waals surface area contributed by atoms with Crippen molar-refractivity contribution in [1.82, 2.24) is 4.90 Å². The van der Waals surface area contributed by atoms with Gasteiger partial charge in [0.25, 0.3) is 0 Å². The first-order valence-corrected chi connectivity index (χ1v) is 13.5. The lowest BCUT2D eigenvalue weighted by molar-refractivity contribution is -0.0364. The standard InChI is InChI=1S/C30H40N2O4/c1-4-23-16-26(12-13-27(23)17-32-18-28(19-32)36-30(33)34)21(3)31-35-20-22-11-14-29(24(5-2)15-22)25-9-7-6-8-10-25/h11-16,25,28H,4-10,17-20H2,1-3H3,(H,33,34). The van der Waals surface area contributed by atoms with E-state index < -0.39 is 6.16 Å². The molecule has 1 saturated carbocycles. The number of nitrogens with zero attached hydrogens (tertiary/aromatic N) is 2. The molecule has 1 saturated heterocycles. The summed E-state index contributed by atoms with van der Waals surface area (Å²) in [6.07, 6.45) is 7.30. The van der Waals surface area contributed by atoms with Crippen molar-refractivity contribution in [3.8, 4) is 0 Å². The van der Waals surface area contributed by atoms with E-state index in [0.717, 1.165) is 36.6 Å². The van der Waals surface area contributed by atoms with Gasteiger partial charge in [-0.3, -0.25) is 4.90 Å². The average molecular weight is 493 g/mol. The van der Waals surface area contributed by atoms with Crippen molar-refractivity contribution in [1.29, 1.82) is 0 Å². The third-order valence-corrected chi connectivity index (χ3v) is 7.66. The van der Waals surface area contributed by atoms with Crippen molar-refractivity contribution >= 4 is 11.9 Å². The van der Waals surface area contributed by atoms with E-state index in [-0.39, 0.29) is 6.10 Å². The molecule has 0 spiro atoms. The Morgan fingerprint density at radius 3 is 2.44 bits per heavy atom. The molecule has 194 valence electrons. The van der Waals surface area contributed by atoms with Crippen LogP contribution in [-0.4, -0.2) is 41.1 Å². The van der Waals surface area contributed by atoms with Gasteiger partial charge in [0.15, 0.2) is 0 Å². The van der Waals surface area contributed by atoms with E-state index in [2.05, 4.69) is 60.3 Å². The van der Waals surface area contributed by atoms with Crippen LogP contribution in [0.2, 0.25) is 0 Å². The van der Waals surface area contributed by atoms with Crippen LogP contribution in [0.25, 0.3) is 0 Å². The molecule has 2 aliphatic rings. The van der Waals surface area contributed by atoms with Crippen LogP contribution < -0.4 is 0 Å². The highest BCUT2D eigenvalue weighted by Gasteiger charge is 2.30. The highest BCUT2D eigenvalue weighted by molar-refractivity contribution is 5.98. The smallest absolute Gasteiger partial charge is 0.450 e. The highest BCUT2D eigenvalue weighted by atomic mass is 16.7. The first-order chi connectivity index (χ1) is 17.5. The molecule has 6 heteroatoms. The summed E-state index contributed by atoms with van der Waals surface area (Å²) in [5.41, 5.74) is 8.63. The zero-order chi connectivity index (χ0) is 25.5. The highest BCUT2D eigenvalue weighted by Crippen LogP contribution is 2.35. The molecule has 0 radical (unpaired) electrons. The van der Waals surface area contributed by atoms with E-state index in [1.54, 1.807) is 0 Å². The molecule has 6 nitrogen and oxygen atoms in total. The molecule has 0 unspecified atom stereocenters. The molecule has 4 rings (SSSR count). The van der Waals surface area contributed by atoms with Crippen LogP contribution in [0.1, 0.15) is 92.2 Å². The Morgan fingerprint density at radius 2 is 1.75 bits per heavy atom. The lowest BCUT2D eigenvalue weighted by Crippen LogP contribution is -2.52. The number of carbonyl (C=O) groups is 1. The second-order valence-corrected chi connectivity index (χ2v) is 10.2. The van der Waals surface area contributed by atoms with Crippen molar-refractivity contribution in [3.63, 3.8) is 0 Å². The Hall–Kier alpha value is -2.86. The number of likely N-dealkylation sites (tertiary alicyclic amines) is 1. The Morgan fingerprint density at radius 1 is 1.00 bits per heavy atom. The van der Waals surface area contributed by atoms with Gasteiger partial charge >= 0.3 is 6.16 Å². The molecule has 2 aromatic rings. The number of hydrogen-bond acceptors (Lipinski definition) is 5. The van der Waals surface area contributed by atoms with Crippen molar-refractivity contribution in [2.75, 3.05) is 13.1 Å². The molecule has 1 aliphatic heterocycles. The van der Waals surface area contributed by atoms with Gasteiger partial charge in [0.05, 0.1) is 5.71 Å². The number of rotatable bonds is 10. The van der Waals surface area contributed by atoms with E-state index in [0.29, 0.717) is 19.7 Å². The molecule has 1 N–H and O–H groups in total. The Labute approximate surface area is 215 Å². The maximum Gasteiger partial charge on any atom is 0.506 e. The Kier molecular flexibility index (Phi) is 9.03. The number of ether oxygens (including phenoxy) is 1. The molecule has 0 aromatic heterocycles. The van der Waals surface area contributed by atoms with Gasteiger partial charge in [0, 0.05) is 19.6 Å². The summed E-state index contributed by atoms with van der Waals surface area (Å²) in [6, 6.07) is 13.3. The Balaban J connectivity index is 1.34. The van der Waals surface area contributed by atoms with E-state index in [9.17, 15) is 4.79 Å². The maximum atomic E-state index is 10.7. The van der Waals surface area contributed by atoms with Gasteiger partial charge in [-0.05, 0) is 78.0 Å². The first-order valence-electron chi connectivity index (χ1n) is 13.5. The predicted molar refractivity (Wildman–Crippen MR) is 143 cm³/mol. The van der Waals surface area contributed by atoms with Crippen LogP contribution in [0.4, 0.5) is 4.79 Å². The van der Waals surface area contributed by atoms with E-state index in [4.69, 9.17) is 14.7 Å². The zero-order valence-corrected chi connectivity index (χ0v) is 22.0. The normalized spacial score (nSPS) is 17.6. The van der Waals surface area contributed by atoms with Crippen molar-refractivity contribution in [3.05, 3.63) is 69.8 Å². The van der Waals surface area contributed by atoms with Crippen LogP contribution >= 0.6 is 0 Å². The van der Waals surface area contributed by atoms with Gasteiger partial charge in [-0.25, -0.2) is 4.79 Å². The van der Waals surface area contributed by atoms with Crippen molar-refractivity contribution in [2.45, 2.75) is 90.9 Å². The van der Waals surface area contributed by atoms with E-state index in [1.807, 2.05) is 6.92 Å². The molecular weight excluding hydrogens is 452 g/mol. The SMILES string of the molecule is CCc1cc(C(C)=NOCc2ccc(C3CCCCC3)c(CC)c2)ccc1CN1CC(OC(=O)O)C1. The summed E-state index contributed by atoms with van der Waals surface area (Å²) in [5, 5.41) is 13.2. The molecule has 0 bridgehead atoms. The average Bonchev–Trinajstić information content (AvgIpc) is 2.87. The summed E-state index contributed by atoms with van der Waals surface area (Å²) in [6.45, 7) is 8.95. The quantitative estimate of drug-likeness (QED) is 0.228. The van der Waals surface area contributed by atoms with Gasteiger partial charge in [0.2, 0.25) is 0 Å². The summed E-state index contributed by atoms with van der Waals surface area (Å²) < 4.78 is 4.82. The maximum absolute atomic E-state index is 10.7. The fourth-order valence-corrected chi connectivity index (χ4v) is 5.57. The fraction of sp³-hybridized carbons (Fsp3) is 0.533. The minimum absolute atomic E-state index is 0.213. The van der Waals surface area contributed by atoms with Crippen LogP contribution in [0.15, 0.2) is 41.6 Å². The zero-order valence-electron chi connectivity index (χ0n) is 22.0. The topological polar surface area (TPSA) is 71.4 Å². The number of aryl methyl sites for hydroxylation is 2. The third kappa shape index (κ3) is 6.67. The summed E-state index contributed by atoms with van der Waals surface area (Å²) in [7, 11) is 0. The molecule has 0 atom stereocenters. The van der Waals surface area contributed by atoms with E-state index >= 15 is 0 Å².